The molecule has 1 N–H and O–H groups in total. The highest BCUT2D eigenvalue weighted by Crippen LogP contribution is 2.24. The molecule has 152 valence electrons. The van der Waals surface area contributed by atoms with Crippen LogP contribution in [-0.4, -0.2) is 27.9 Å². The molecule has 0 unspecified atom stereocenters. The van der Waals surface area contributed by atoms with Gasteiger partial charge in [0.1, 0.15) is 5.75 Å². The number of amides is 1. The van der Waals surface area contributed by atoms with Gasteiger partial charge in [-0.3, -0.25) is 4.79 Å². The summed E-state index contributed by atoms with van der Waals surface area (Å²) < 4.78 is 11.3. The Labute approximate surface area is 170 Å². The lowest BCUT2D eigenvalue weighted by molar-refractivity contribution is -0.119. The van der Waals surface area contributed by atoms with Crippen LogP contribution in [0.4, 0.5) is 0 Å². The molecule has 28 heavy (non-hydrogen) atoms. The maximum atomic E-state index is 12.2. The van der Waals surface area contributed by atoms with E-state index in [1.54, 1.807) is 0 Å². The van der Waals surface area contributed by atoms with Crippen LogP contribution in [0.15, 0.2) is 33.9 Å². The Morgan fingerprint density at radius 1 is 1.25 bits per heavy atom. The lowest BCUT2D eigenvalue weighted by atomic mass is 9.86. The smallest absolute Gasteiger partial charge is 0.277 e. The zero-order valence-electron chi connectivity index (χ0n) is 16.8. The van der Waals surface area contributed by atoms with Crippen molar-refractivity contribution < 1.29 is 13.9 Å². The first-order chi connectivity index (χ1) is 13.5. The molecular weight excluding hydrogens is 374 g/mol. The molecule has 0 spiro atoms. The van der Waals surface area contributed by atoms with Gasteiger partial charge >= 0.3 is 0 Å². The quantitative estimate of drug-likeness (QED) is 0.651. The summed E-state index contributed by atoms with van der Waals surface area (Å²) in [6, 6.07) is 8.29. The SMILES string of the molecule is CC(C)c1ccc(OCc2nnc(SCC(=O)N[C@@H]3CCCC[C@@H]3C)o2)cc1. The van der Waals surface area contributed by atoms with Crippen molar-refractivity contribution in [2.75, 3.05) is 5.75 Å². The van der Waals surface area contributed by atoms with Crippen molar-refractivity contribution in [1.82, 2.24) is 15.5 Å². The van der Waals surface area contributed by atoms with Crippen LogP contribution in [0.5, 0.6) is 5.75 Å². The van der Waals surface area contributed by atoms with Crippen molar-refractivity contribution in [3.05, 3.63) is 35.7 Å². The molecule has 1 amide bonds. The molecule has 0 aliphatic heterocycles. The van der Waals surface area contributed by atoms with E-state index in [-0.39, 0.29) is 24.3 Å². The molecule has 1 aliphatic carbocycles. The molecule has 1 heterocycles. The third-order valence-electron chi connectivity index (χ3n) is 5.14. The molecular formula is C21H29N3O3S. The third-order valence-corrected chi connectivity index (χ3v) is 5.96. The van der Waals surface area contributed by atoms with E-state index >= 15 is 0 Å². The number of benzene rings is 1. The van der Waals surface area contributed by atoms with Crippen LogP contribution in [0.3, 0.4) is 0 Å². The van der Waals surface area contributed by atoms with Crippen LogP contribution in [0.25, 0.3) is 0 Å². The summed E-state index contributed by atoms with van der Waals surface area (Å²) in [6.45, 7) is 6.73. The van der Waals surface area contributed by atoms with E-state index < -0.39 is 0 Å². The monoisotopic (exact) mass is 403 g/mol. The zero-order chi connectivity index (χ0) is 19.9. The van der Waals surface area contributed by atoms with E-state index in [0.29, 0.717) is 22.9 Å². The number of ether oxygens (including phenoxy) is 1. The highest BCUT2D eigenvalue weighted by Gasteiger charge is 2.23. The van der Waals surface area contributed by atoms with Gasteiger partial charge in [0.2, 0.25) is 5.91 Å². The van der Waals surface area contributed by atoms with Crippen LogP contribution in [0, 0.1) is 5.92 Å². The van der Waals surface area contributed by atoms with Crippen LogP contribution >= 0.6 is 11.8 Å². The Hall–Kier alpha value is -2.02. The normalized spacial score (nSPS) is 19.6. The van der Waals surface area contributed by atoms with Gasteiger partial charge in [-0.25, -0.2) is 0 Å². The number of thioether (sulfide) groups is 1. The summed E-state index contributed by atoms with van der Waals surface area (Å²) in [4.78, 5) is 12.2. The van der Waals surface area contributed by atoms with E-state index in [1.807, 2.05) is 12.1 Å². The number of rotatable bonds is 8. The molecule has 7 heteroatoms. The molecule has 1 fully saturated rings. The molecule has 0 bridgehead atoms. The van der Waals surface area contributed by atoms with Crippen molar-refractivity contribution in [3.63, 3.8) is 0 Å². The second kappa shape index (κ2) is 9.96. The summed E-state index contributed by atoms with van der Waals surface area (Å²) in [5.74, 6) is 2.50. The predicted octanol–water partition coefficient (Wildman–Crippen LogP) is 4.56. The van der Waals surface area contributed by atoms with Crippen LogP contribution in [0.1, 0.15) is 63.8 Å². The zero-order valence-corrected chi connectivity index (χ0v) is 17.6. The predicted molar refractivity (Wildman–Crippen MR) is 109 cm³/mol. The van der Waals surface area contributed by atoms with E-state index in [1.165, 1.54) is 36.6 Å². The Bertz CT molecular complexity index is 761. The second-order valence-electron chi connectivity index (χ2n) is 7.70. The van der Waals surface area contributed by atoms with Crippen molar-refractivity contribution in [2.24, 2.45) is 5.92 Å². The number of nitrogens with one attached hydrogen (secondary N) is 1. The minimum absolute atomic E-state index is 0.0185. The van der Waals surface area contributed by atoms with Gasteiger partial charge in [-0.2, -0.15) is 0 Å². The van der Waals surface area contributed by atoms with Crippen LogP contribution in [-0.2, 0) is 11.4 Å². The fourth-order valence-corrected chi connectivity index (χ4v) is 3.95. The molecule has 1 aromatic heterocycles. The summed E-state index contributed by atoms with van der Waals surface area (Å²) in [7, 11) is 0. The molecule has 2 atom stereocenters. The maximum absolute atomic E-state index is 12.2. The van der Waals surface area contributed by atoms with Gasteiger partial charge in [-0.05, 0) is 42.4 Å². The summed E-state index contributed by atoms with van der Waals surface area (Å²) in [5, 5.41) is 11.5. The summed E-state index contributed by atoms with van der Waals surface area (Å²) in [6.07, 6.45) is 4.70. The molecule has 1 aromatic carbocycles. The standard InChI is InChI=1S/C21H29N3O3S/c1-14(2)16-8-10-17(11-9-16)26-12-20-23-24-21(27-20)28-13-19(25)22-18-7-5-4-6-15(18)3/h8-11,14-15,18H,4-7,12-13H2,1-3H3,(H,22,25)/t15-,18+/m0/s1. The van der Waals surface area contributed by atoms with Gasteiger partial charge < -0.3 is 14.5 Å². The average Bonchev–Trinajstić information content (AvgIpc) is 3.15. The fraction of sp³-hybridized carbons (Fsp3) is 0.571. The lowest BCUT2D eigenvalue weighted by Gasteiger charge is -2.29. The summed E-state index contributed by atoms with van der Waals surface area (Å²) >= 11 is 1.26. The topological polar surface area (TPSA) is 77.2 Å². The first-order valence-electron chi connectivity index (χ1n) is 9.98. The fourth-order valence-electron chi connectivity index (χ4n) is 3.36. The van der Waals surface area contributed by atoms with Crippen molar-refractivity contribution in [3.8, 4) is 5.75 Å². The summed E-state index contributed by atoms with van der Waals surface area (Å²) in [5.41, 5.74) is 1.27. The van der Waals surface area contributed by atoms with Gasteiger partial charge in [-0.15, -0.1) is 10.2 Å². The van der Waals surface area contributed by atoms with Crippen molar-refractivity contribution in [2.45, 2.75) is 70.2 Å². The lowest BCUT2D eigenvalue weighted by Crippen LogP contribution is -2.41. The molecule has 1 aliphatic rings. The minimum atomic E-state index is 0.0185. The van der Waals surface area contributed by atoms with E-state index in [2.05, 4.69) is 48.4 Å². The molecule has 3 rings (SSSR count). The van der Waals surface area contributed by atoms with Crippen LogP contribution in [0.2, 0.25) is 0 Å². The van der Waals surface area contributed by atoms with Gasteiger partial charge in [0, 0.05) is 6.04 Å². The number of hydrogen-bond donors (Lipinski definition) is 1. The number of aromatic nitrogens is 2. The molecule has 6 nitrogen and oxygen atoms in total. The Morgan fingerprint density at radius 3 is 2.71 bits per heavy atom. The highest BCUT2D eigenvalue weighted by atomic mass is 32.2. The Balaban J connectivity index is 1.41. The second-order valence-corrected chi connectivity index (χ2v) is 8.63. The van der Waals surface area contributed by atoms with Crippen molar-refractivity contribution in [1.29, 1.82) is 0 Å². The molecule has 1 saturated carbocycles. The first kappa shape index (κ1) is 20.7. The van der Waals surface area contributed by atoms with Gasteiger partial charge in [0.25, 0.3) is 11.1 Å². The largest absolute Gasteiger partial charge is 0.484 e. The Kier molecular flexibility index (Phi) is 7.36. The number of carbonyl (C=O) groups is 1. The molecule has 0 saturated heterocycles. The van der Waals surface area contributed by atoms with E-state index in [9.17, 15) is 4.79 Å². The molecule has 2 aromatic rings. The Morgan fingerprint density at radius 2 is 2.00 bits per heavy atom. The van der Waals surface area contributed by atoms with Gasteiger partial charge in [0.15, 0.2) is 6.61 Å². The third kappa shape index (κ3) is 5.99. The average molecular weight is 404 g/mol. The van der Waals surface area contributed by atoms with Gasteiger partial charge in [-0.1, -0.05) is 57.5 Å². The number of nitrogens with zero attached hydrogens (tertiary/aromatic N) is 2. The first-order valence-corrected chi connectivity index (χ1v) is 11.0. The number of hydrogen-bond acceptors (Lipinski definition) is 6. The minimum Gasteiger partial charge on any atom is -0.484 e. The van der Waals surface area contributed by atoms with Gasteiger partial charge in [0.05, 0.1) is 5.75 Å². The van der Waals surface area contributed by atoms with E-state index in [4.69, 9.17) is 9.15 Å². The molecule has 0 radical (unpaired) electrons. The van der Waals surface area contributed by atoms with E-state index in [0.717, 1.165) is 12.2 Å². The highest BCUT2D eigenvalue weighted by molar-refractivity contribution is 7.99. The van der Waals surface area contributed by atoms with Crippen LogP contribution < -0.4 is 10.1 Å². The number of carbonyl (C=O) groups excluding carboxylic acids is 1. The maximum Gasteiger partial charge on any atom is 0.277 e. The van der Waals surface area contributed by atoms with Crippen molar-refractivity contribution >= 4 is 17.7 Å².